The van der Waals surface area contributed by atoms with Crippen LogP contribution in [0.4, 0.5) is 0 Å². The van der Waals surface area contributed by atoms with Gasteiger partial charge in [-0.15, -0.1) is 0 Å². The molecule has 0 aromatic heterocycles. The number of aryl methyl sites for hydroxylation is 1. The van der Waals surface area contributed by atoms with Gasteiger partial charge in [0, 0.05) is 6.61 Å². The lowest BCUT2D eigenvalue weighted by atomic mass is 9.72. The van der Waals surface area contributed by atoms with E-state index in [2.05, 4.69) is 32.9 Å². The van der Waals surface area contributed by atoms with Crippen LogP contribution in [-0.2, 0) is 4.74 Å². The van der Waals surface area contributed by atoms with Gasteiger partial charge in [-0.1, -0.05) is 25.8 Å². The average Bonchev–Trinajstić information content (AvgIpc) is 2.46. The summed E-state index contributed by atoms with van der Waals surface area (Å²) in [6.07, 6.45) is 4.58. The van der Waals surface area contributed by atoms with Crippen molar-refractivity contribution < 1.29 is 9.47 Å². The maximum absolute atomic E-state index is 6.68. The van der Waals surface area contributed by atoms with Crippen LogP contribution in [0.3, 0.4) is 0 Å². The summed E-state index contributed by atoms with van der Waals surface area (Å²) in [5.41, 5.74) is 8.82. The molecule has 118 valence electrons. The van der Waals surface area contributed by atoms with Crippen LogP contribution in [0, 0.1) is 12.8 Å². The zero-order valence-corrected chi connectivity index (χ0v) is 13.8. The molecule has 1 fully saturated rings. The monoisotopic (exact) mass is 291 g/mol. The SMILES string of the molecule is CCOC1(C(N)c2ccc(OC)cc2C)CCCC(C)C1. The molecule has 1 saturated carbocycles. The molecular formula is C18H29NO2. The largest absolute Gasteiger partial charge is 0.497 e. The zero-order chi connectivity index (χ0) is 15.5. The van der Waals surface area contributed by atoms with Gasteiger partial charge in [-0.25, -0.2) is 0 Å². The van der Waals surface area contributed by atoms with Crippen molar-refractivity contribution in [3.8, 4) is 5.75 Å². The molecule has 1 aromatic carbocycles. The first kappa shape index (κ1) is 16.3. The Labute approximate surface area is 128 Å². The maximum atomic E-state index is 6.68. The fraction of sp³-hybridized carbons (Fsp3) is 0.667. The predicted octanol–water partition coefficient (Wildman–Crippen LogP) is 3.99. The van der Waals surface area contributed by atoms with Crippen LogP contribution in [-0.4, -0.2) is 19.3 Å². The molecule has 1 aromatic rings. The summed E-state index contributed by atoms with van der Waals surface area (Å²) in [6, 6.07) is 6.07. The van der Waals surface area contributed by atoms with E-state index in [1.165, 1.54) is 24.0 Å². The highest BCUT2D eigenvalue weighted by atomic mass is 16.5. The fourth-order valence-corrected chi connectivity index (χ4v) is 3.74. The second-order valence-corrected chi connectivity index (χ2v) is 6.40. The van der Waals surface area contributed by atoms with Crippen LogP contribution in [0.2, 0.25) is 0 Å². The summed E-state index contributed by atoms with van der Waals surface area (Å²) < 4.78 is 11.5. The molecule has 0 radical (unpaired) electrons. The first-order valence-electron chi connectivity index (χ1n) is 8.06. The molecule has 3 heteroatoms. The standard InChI is InChI=1S/C18H29NO2/c1-5-21-18(10-6-7-13(2)12-18)17(19)16-9-8-15(20-4)11-14(16)3/h8-9,11,13,17H,5-7,10,12,19H2,1-4H3. The second kappa shape index (κ2) is 6.80. The second-order valence-electron chi connectivity index (χ2n) is 6.40. The Morgan fingerprint density at radius 3 is 2.76 bits per heavy atom. The van der Waals surface area contributed by atoms with Gasteiger partial charge in [-0.2, -0.15) is 0 Å². The van der Waals surface area contributed by atoms with E-state index in [0.29, 0.717) is 5.92 Å². The number of nitrogens with two attached hydrogens (primary N) is 1. The first-order valence-corrected chi connectivity index (χ1v) is 8.06. The topological polar surface area (TPSA) is 44.5 Å². The lowest BCUT2D eigenvalue weighted by molar-refractivity contribution is -0.0939. The zero-order valence-electron chi connectivity index (χ0n) is 13.8. The average molecular weight is 291 g/mol. The number of benzene rings is 1. The van der Waals surface area contributed by atoms with Gasteiger partial charge < -0.3 is 15.2 Å². The van der Waals surface area contributed by atoms with Crippen molar-refractivity contribution in [3.63, 3.8) is 0 Å². The lowest BCUT2D eigenvalue weighted by Gasteiger charge is -2.44. The molecule has 21 heavy (non-hydrogen) atoms. The van der Waals surface area contributed by atoms with Gasteiger partial charge in [-0.3, -0.25) is 0 Å². The number of ether oxygens (including phenoxy) is 2. The molecule has 0 saturated heterocycles. The van der Waals surface area contributed by atoms with Gasteiger partial charge >= 0.3 is 0 Å². The van der Waals surface area contributed by atoms with E-state index in [9.17, 15) is 0 Å². The summed E-state index contributed by atoms with van der Waals surface area (Å²) in [4.78, 5) is 0. The minimum atomic E-state index is -0.217. The Kier molecular flexibility index (Phi) is 5.28. The number of hydrogen-bond acceptors (Lipinski definition) is 3. The summed E-state index contributed by atoms with van der Waals surface area (Å²) in [5.74, 6) is 1.56. The molecule has 3 nitrogen and oxygen atoms in total. The maximum Gasteiger partial charge on any atom is 0.119 e. The molecule has 3 unspecified atom stereocenters. The number of hydrogen-bond donors (Lipinski definition) is 1. The third-order valence-corrected chi connectivity index (χ3v) is 4.80. The lowest BCUT2D eigenvalue weighted by Crippen LogP contribution is -2.47. The molecule has 0 amide bonds. The van der Waals surface area contributed by atoms with Crippen LogP contribution in [0.1, 0.15) is 56.7 Å². The highest BCUT2D eigenvalue weighted by molar-refractivity contribution is 5.38. The summed E-state index contributed by atoms with van der Waals surface area (Å²) in [5, 5.41) is 0. The van der Waals surface area contributed by atoms with Crippen LogP contribution in [0.5, 0.6) is 5.75 Å². The van der Waals surface area contributed by atoms with Gasteiger partial charge in [0.15, 0.2) is 0 Å². The van der Waals surface area contributed by atoms with Crippen molar-refractivity contribution in [3.05, 3.63) is 29.3 Å². The Morgan fingerprint density at radius 1 is 1.43 bits per heavy atom. The van der Waals surface area contributed by atoms with E-state index < -0.39 is 0 Å². The van der Waals surface area contributed by atoms with Gasteiger partial charge in [-0.05, 0) is 55.9 Å². The summed E-state index contributed by atoms with van der Waals surface area (Å²) >= 11 is 0. The van der Waals surface area contributed by atoms with Crippen molar-refractivity contribution >= 4 is 0 Å². The van der Waals surface area contributed by atoms with Crippen molar-refractivity contribution in [2.45, 2.75) is 58.1 Å². The summed E-state index contributed by atoms with van der Waals surface area (Å²) in [6.45, 7) is 7.19. The van der Waals surface area contributed by atoms with E-state index in [1.807, 2.05) is 6.07 Å². The van der Waals surface area contributed by atoms with Gasteiger partial charge in [0.1, 0.15) is 5.75 Å². The normalized spacial score (nSPS) is 27.4. The highest BCUT2D eigenvalue weighted by Crippen LogP contribution is 2.43. The third-order valence-electron chi connectivity index (χ3n) is 4.80. The van der Waals surface area contributed by atoms with Gasteiger partial charge in [0.2, 0.25) is 0 Å². The molecule has 1 aliphatic rings. The molecule has 2 rings (SSSR count). The van der Waals surface area contributed by atoms with Gasteiger partial charge in [0.25, 0.3) is 0 Å². The Balaban J connectivity index is 2.31. The van der Waals surface area contributed by atoms with E-state index in [4.69, 9.17) is 15.2 Å². The van der Waals surface area contributed by atoms with E-state index in [1.54, 1.807) is 7.11 Å². The minimum absolute atomic E-state index is 0.0777. The highest BCUT2D eigenvalue weighted by Gasteiger charge is 2.42. The molecule has 0 spiro atoms. The first-order chi connectivity index (χ1) is 10.0. The smallest absolute Gasteiger partial charge is 0.119 e. The Bertz CT molecular complexity index is 470. The minimum Gasteiger partial charge on any atom is -0.497 e. The van der Waals surface area contributed by atoms with Crippen molar-refractivity contribution in [2.24, 2.45) is 11.7 Å². The van der Waals surface area contributed by atoms with E-state index in [0.717, 1.165) is 25.2 Å². The number of methoxy groups -OCH3 is 1. The molecule has 0 bridgehead atoms. The van der Waals surface area contributed by atoms with E-state index in [-0.39, 0.29) is 11.6 Å². The molecule has 2 N–H and O–H groups in total. The van der Waals surface area contributed by atoms with Crippen LogP contribution >= 0.6 is 0 Å². The Morgan fingerprint density at radius 2 is 2.19 bits per heavy atom. The fourth-order valence-electron chi connectivity index (χ4n) is 3.74. The Hall–Kier alpha value is -1.06. The van der Waals surface area contributed by atoms with Crippen molar-refractivity contribution in [2.75, 3.05) is 13.7 Å². The molecule has 1 aliphatic carbocycles. The molecule has 0 heterocycles. The third kappa shape index (κ3) is 3.41. The van der Waals surface area contributed by atoms with Crippen LogP contribution in [0.25, 0.3) is 0 Å². The van der Waals surface area contributed by atoms with E-state index >= 15 is 0 Å². The summed E-state index contributed by atoms with van der Waals surface area (Å²) in [7, 11) is 1.69. The predicted molar refractivity (Wildman–Crippen MR) is 86.6 cm³/mol. The van der Waals surface area contributed by atoms with Gasteiger partial charge in [0.05, 0.1) is 18.8 Å². The quantitative estimate of drug-likeness (QED) is 0.892. The molecule has 3 atom stereocenters. The molecule has 0 aliphatic heterocycles. The number of rotatable bonds is 5. The van der Waals surface area contributed by atoms with Crippen LogP contribution < -0.4 is 10.5 Å². The van der Waals surface area contributed by atoms with Crippen molar-refractivity contribution in [1.82, 2.24) is 0 Å². The van der Waals surface area contributed by atoms with Crippen molar-refractivity contribution in [1.29, 1.82) is 0 Å². The molecular weight excluding hydrogens is 262 g/mol. The van der Waals surface area contributed by atoms with Crippen LogP contribution in [0.15, 0.2) is 18.2 Å².